The first kappa shape index (κ1) is 19.3. The Hall–Kier alpha value is -0.0700. The smallest absolute Gasteiger partial charge is 0.221 e. The molecular weight excluding hydrogens is 265 g/mol. The van der Waals surface area contributed by atoms with Crippen molar-refractivity contribution >= 4 is 30.7 Å². The summed E-state index contributed by atoms with van der Waals surface area (Å²) in [6, 6.07) is 0. The number of nitrogens with zero attached hydrogens (tertiary/aromatic N) is 1. The summed E-state index contributed by atoms with van der Waals surface area (Å²) in [6.07, 6.45) is 0.555. The molecule has 5 nitrogen and oxygen atoms in total. The molecule has 0 unspecified atom stereocenters. The van der Waals surface area contributed by atoms with Gasteiger partial charge in [-0.25, -0.2) is 0 Å². The number of hydrogen-bond donors (Lipinski definition) is 2. The molecule has 0 bridgehead atoms. The number of ether oxygens (including phenoxy) is 1. The number of hydrogen-bond acceptors (Lipinski definition) is 4. The van der Waals surface area contributed by atoms with E-state index in [4.69, 9.17) is 4.74 Å². The summed E-state index contributed by atoms with van der Waals surface area (Å²) in [5.41, 5.74) is 0. The van der Waals surface area contributed by atoms with Gasteiger partial charge in [0.05, 0.1) is 13.2 Å². The maximum Gasteiger partial charge on any atom is 0.221 e. The fourth-order valence-electron chi connectivity index (χ4n) is 1.51. The van der Waals surface area contributed by atoms with Gasteiger partial charge in [0, 0.05) is 39.1 Å². The minimum Gasteiger partial charge on any atom is -0.379 e. The van der Waals surface area contributed by atoms with Crippen molar-refractivity contribution in [3.05, 3.63) is 0 Å². The van der Waals surface area contributed by atoms with Crippen LogP contribution in [0.5, 0.6) is 0 Å². The maximum atomic E-state index is 11.2. The Balaban J connectivity index is 0. The summed E-state index contributed by atoms with van der Waals surface area (Å²) >= 11 is 0. The highest BCUT2D eigenvalue weighted by molar-refractivity contribution is 5.85. The molecule has 7 heteroatoms. The molecule has 0 aromatic carbocycles. The van der Waals surface area contributed by atoms with Crippen molar-refractivity contribution in [2.75, 3.05) is 53.0 Å². The van der Waals surface area contributed by atoms with Gasteiger partial charge in [-0.1, -0.05) is 0 Å². The average molecular weight is 288 g/mol. The number of carbonyl (C=O) groups is 1. The van der Waals surface area contributed by atoms with Crippen molar-refractivity contribution in [3.8, 4) is 0 Å². The third-order valence-corrected chi connectivity index (χ3v) is 2.46. The predicted molar refractivity (Wildman–Crippen MR) is 73.3 cm³/mol. The highest BCUT2D eigenvalue weighted by Gasteiger charge is 2.09. The van der Waals surface area contributed by atoms with Crippen molar-refractivity contribution in [1.29, 1.82) is 0 Å². The molecule has 0 atom stereocenters. The second-order valence-corrected chi connectivity index (χ2v) is 3.66. The van der Waals surface area contributed by atoms with Gasteiger partial charge in [-0.05, 0) is 7.05 Å². The first-order valence-corrected chi connectivity index (χ1v) is 5.54. The van der Waals surface area contributed by atoms with Gasteiger partial charge in [0.2, 0.25) is 5.91 Å². The summed E-state index contributed by atoms with van der Waals surface area (Å²) in [6.45, 7) is 5.99. The van der Waals surface area contributed by atoms with Crippen LogP contribution in [0.25, 0.3) is 0 Å². The maximum absolute atomic E-state index is 11.2. The number of morpholine rings is 1. The van der Waals surface area contributed by atoms with Crippen LogP contribution in [-0.2, 0) is 9.53 Å². The van der Waals surface area contributed by atoms with E-state index in [0.717, 1.165) is 45.9 Å². The molecule has 1 aliphatic rings. The van der Waals surface area contributed by atoms with E-state index < -0.39 is 0 Å². The first-order valence-electron chi connectivity index (χ1n) is 5.54. The van der Waals surface area contributed by atoms with Crippen LogP contribution >= 0.6 is 24.8 Å². The highest BCUT2D eigenvalue weighted by atomic mass is 35.5. The Labute approximate surface area is 115 Å². The van der Waals surface area contributed by atoms with Crippen LogP contribution in [0, 0.1) is 0 Å². The quantitative estimate of drug-likeness (QED) is 0.716. The number of amides is 1. The van der Waals surface area contributed by atoms with E-state index in [0.29, 0.717) is 6.42 Å². The monoisotopic (exact) mass is 287 g/mol. The summed E-state index contributed by atoms with van der Waals surface area (Å²) in [7, 11) is 1.85. The van der Waals surface area contributed by atoms with Gasteiger partial charge in [-0.15, -0.1) is 24.8 Å². The molecule has 1 heterocycles. The van der Waals surface area contributed by atoms with E-state index in [1.165, 1.54) is 0 Å². The van der Waals surface area contributed by atoms with E-state index in [1.54, 1.807) is 0 Å². The van der Waals surface area contributed by atoms with Gasteiger partial charge in [0.25, 0.3) is 0 Å². The molecule has 1 fully saturated rings. The summed E-state index contributed by atoms with van der Waals surface area (Å²) in [4.78, 5) is 13.6. The van der Waals surface area contributed by atoms with Crippen LogP contribution in [0.4, 0.5) is 0 Å². The van der Waals surface area contributed by atoms with Crippen LogP contribution in [0.3, 0.4) is 0 Å². The van der Waals surface area contributed by atoms with Gasteiger partial charge in [-0.3, -0.25) is 9.69 Å². The second kappa shape index (κ2) is 12.4. The van der Waals surface area contributed by atoms with Gasteiger partial charge in [0.1, 0.15) is 0 Å². The molecule has 0 spiro atoms. The zero-order chi connectivity index (χ0) is 10.9. The molecule has 17 heavy (non-hydrogen) atoms. The SMILES string of the molecule is CNCCC(=O)NCCN1CCOCC1.Cl.Cl. The molecule has 1 aliphatic heterocycles. The lowest BCUT2D eigenvalue weighted by Gasteiger charge is -2.26. The van der Waals surface area contributed by atoms with Crippen LogP contribution in [0.1, 0.15) is 6.42 Å². The number of nitrogens with one attached hydrogen (secondary N) is 2. The predicted octanol–water partition coefficient (Wildman–Crippen LogP) is -0.112. The van der Waals surface area contributed by atoms with Gasteiger partial charge >= 0.3 is 0 Å². The van der Waals surface area contributed by atoms with E-state index >= 15 is 0 Å². The van der Waals surface area contributed by atoms with E-state index in [9.17, 15) is 4.79 Å². The van der Waals surface area contributed by atoms with Crippen molar-refractivity contribution in [2.45, 2.75) is 6.42 Å². The van der Waals surface area contributed by atoms with E-state index in [1.807, 2.05) is 7.05 Å². The molecule has 2 N–H and O–H groups in total. The average Bonchev–Trinajstić information content (AvgIpc) is 2.28. The Morgan fingerprint density at radius 3 is 2.47 bits per heavy atom. The van der Waals surface area contributed by atoms with Crippen LogP contribution in [0.2, 0.25) is 0 Å². The molecule has 0 radical (unpaired) electrons. The molecule has 0 aliphatic carbocycles. The number of rotatable bonds is 6. The summed E-state index contributed by atoms with van der Waals surface area (Å²) in [5, 5.41) is 5.85. The van der Waals surface area contributed by atoms with Gasteiger partial charge in [-0.2, -0.15) is 0 Å². The van der Waals surface area contributed by atoms with E-state index in [-0.39, 0.29) is 30.7 Å². The lowest BCUT2D eigenvalue weighted by molar-refractivity contribution is -0.121. The zero-order valence-electron chi connectivity index (χ0n) is 10.2. The lowest BCUT2D eigenvalue weighted by atomic mass is 10.3. The molecule has 1 amide bonds. The number of carbonyl (C=O) groups excluding carboxylic acids is 1. The largest absolute Gasteiger partial charge is 0.379 e. The Kier molecular flexibility index (Phi) is 14.0. The molecule has 0 saturated carbocycles. The van der Waals surface area contributed by atoms with Crippen molar-refractivity contribution < 1.29 is 9.53 Å². The molecular formula is C10H23Cl2N3O2. The van der Waals surface area contributed by atoms with Crippen molar-refractivity contribution in [2.24, 2.45) is 0 Å². The van der Waals surface area contributed by atoms with Crippen LogP contribution < -0.4 is 10.6 Å². The fourth-order valence-corrected chi connectivity index (χ4v) is 1.51. The Morgan fingerprint density at radius 2 is 1.88 bits per heavy atom. The molecule has 0 aromatic rings. The molecule has 1 saturated heterocycles. The summed E-state index contributed by atoms with van der Waals surface area (Å²) in [5.74, 6) is 0.123. The lowest BCUT2D eigenvalue weighted by Crippen LogP contribution is -2.41. The van der Waals surface area contributed by atoms with E-state index in [2.05, 4.69) is 15.5 Å². The molecule has 1 rings (SSSR count). The third kappa shape index (κ3) is 9.62. The standard InChI is InChI=1S/C10H21N3O2.2ClH/c1-11-3-2-10(14)12-4-5-13-6-8-15-9-7-13;;/h11H,2-9H2,1H3,(H,12,14);2*1H. The first-order chi connectivity index (χ1) is 7.33. The third-order valence-electron chi connectivity index (χ3n) is 2.46. The Bertz CT molecular complexity index is 190. The number of halogens is 2. The van der Waals surface area contributed by atoms with Crippen LogP contribution in [0.15, 0.2) is 0 Å². The zero-order valence-corrected chi connectivity index (χ0v) is 11.9. The van der Waals surface area contributed by atoms with Crippen molar-refractivity contribution in [1.82, 2.24) is 15.5 Å². The fraction of sp³-hybridized carbons (Fsp3) is 0.900. The second-order valence-electron chi connectivity index (χ2n) is 3.66. The van der Waals surface area contributed by atoms with Gasteiger partial charge in [0.15, 0.2) is 0 Å². The molecule has 104 valence electrons. The molecule has 0 aromatic heterocycles. The Morgan fingerprint density at radius 1 is 1.24 bits per heavy atom. The minimum atomic E-state index is 0. The minimum absolute atomic E-state index is 0. The van der Waals surface area contributed by atoms with Crippen LogP contribution in [-0.4, -0.2) is 63.8 Å². The van der Waals surface area contributed by atoms with Gasteiger partial charge < -0.3 is 15.4 Å². The normalized spacial score (nSPS) is 15.6. The summed E-state index contributed by atoms with van der Waals surface area (Å²) < 4.78 is 5.24. The van der Waals surface area contributed by atoms with Crippen molar-refractivity contribution in [3.63, 3.8) is 0 Å². The topological polar surface area (TPSA) is 53.6 Å². The highest BCUT2D eigenvalue weighted by Crippen LogP contribution is 1.94.